The second-order valence-corrected chi connectivity index (χ2v) is 4.07. The first-order valence-electron chi connectivity index (χ1n) is 5.44. The van der Waals surface area contributed by atoms with Crippen molar-refractivity contribution in [3.63, 3.8) is 0 Å². The molecule has 3 heteroatoms. The second kappa shape index (κ2) is 6.70. The quantitative estimate of drug-likeness (QED) is 0.729. The highest BCUT2D eigenvalue weighted by Gasteiger charge is 1.97. The lowest BCUT2D eigenvalue weighted by atomic mass is 10.2. The molecule has 1 rings (SSSR count). The monoisotopic (exact) mass is 226 g/mol. The molecule has 1 aromatic rings. The van der Waals surface area contributed by atoms with Gasteiger partial charge in [0.05, 0.1) is 0 Å². The van der Waals surface area contributed by atoms with Crippen molar-refractivity contribution in [2.45, 2.75) is 20.3 Å². The van der Waals surface area contributed by atoms with Gasteiger partial charge in [0.1, 0.15) is 0 Å². The molecule has 2 nitrogen and oxygen atoms in total. The van der Waals surface area contributed by atoms with Crippen molar-refractivity contribution in [3.05, 3.63) is 28.8 Å². The topological polar surface area (TPSA) is 24.1 Å². The molecule has 15 heavy (non-hydrogen) atoms. The molecule has 2 N–H and O–H groups in total. The highest BCUT2D eigenvalue weighted by atomic mass is 35.5. The molecule has 0 aliphatic carbocycles. The number of hydrogen-bond donors (Lipinski definition) is 2. The minimum atomic E-state index is 0.782. The van der Waals surface area contributed by atoms with Crippen LogP contribution in [0.2, 0.25) is 5.02 Å². The summed E-state index contributed by atoms with van der Waals surface area (Å²) in [6.45, 7) is 7.25. The third-order valence-corrected chi connectivity index (χ3v) is 2.48. The van der Waals surface area contributed by atoms with Crippen LogP contribution in [0.4, 0.5) is 5.69 Å². The van der Waals surface area contributed by atoms with Crippen LogP contribution in [0.3, 0.4) is 0 Å². The average molecular weight is 227 g/mol. The van der Waals surface area contributed by atoms with E-state index >= 15 is 0 Å². The third-order valence-electron chi connectivity index (χ3n) is 2.24. The molecule has 0 aliphatic heterocycles. The molecule has 0 spiro atoms. The zero-order valence-corrected chi connectivity index (χ0v) is 10.2. The van der Waals surface area contributed by atoms with Crippen LogP contribution in [-0.2, 0) is 0 Å². The standard InChI is InChI=1S/C12H19ClN2/c1-3-6-14-7-8-15-12-9-11(13)5-4-10(12)2/h4-5,9,14-15H,3,6-8H2,1-2H3. The van der Waals surface area contributed by atoms with Gasteiger partial charge in [0.25, 0.3) is 0 Å². The lowest BCUT2D eigenvalue weighted by Gasteiger charge is -2.10. The maximum Gasteiger partial charge on any atom is 0.0426 e. The van der Waals surface area contributed by atoms with Gasteiger partial charge in [-0.15, -0.1) is 0 Å². The van der Waals surface area contributed by atoms with Crippen molar-refractivity contribution >= 4 is 17.3 Å². The summed E-state index contributed by atoms with van der Waals surface area (Å²) in [5.74, 6) is 0. The SMILES string of the molecule is CCCNCCNc1cc(Cl)ccc1C. The van der Waals surface area contributed by atoms with Crippen molar-refractivity contribution in [1.82, 2.24) is 5.32 Å². The Morgan fingerprint density at radius 3 is 2.73 bits per heavy atom. The summed E-state index contributed by atoms with van der Waals surface area (Å²) in [6.07, 6.45) is 1.18. The molecule has 0 unspecified atom stereocenters. The van der Waals surface area contributed by atoms with Gasteiger partial charge < -0.3 is 10.6 Å². The number of benzene rings is 1. The van der Waals surface area contributed by atoms with E-state index in [1.165, 1.54) is 12.0 Å². The number of rotatable bonds is 6. The van der Waals surface area contributed by atoms with Gasteiger partial charge in [-0.25, -0.2) is 0 Å². The molecule has 0 heterocycles. The van der Waals surface area contributed by atoms with E-state index in [-0.39, 0.29) is 0 Å². The summed E-state index contributed by atoms with van der Waals surface area (Å²) in [4.78, 5) is 0. The lowest BCUT2D eigenvalue weighted by molar-refractivity contribution is 0.687. The van der Waals surface area contributed by atoms with Crippen molar-refractivity contribution in [2.75, 3.05) is 25.0 Å². The van der Waals surface area contributed by atoms with E-state index in [4.69, 9.17) is 11.6 Å². The van der Waals surface area contributed by atoms with Gasteiger partial charge in [0, 0.05) is 23.8 Å². The molecule has 0 aliphatic rings. The van der Waals surface area contributed by atoms with Crippen LogP contribution >= 0.6 is 11.6 Å². The number of aryl methyl sites for hydroxylation is 1. The summed E-state index contributed by atoms with van der Waals surface area (Å²) in [5, 5.41) is 7.49. The predicted molar refractivity (Wildman–Crippen MR) is 67.8 cm³/mol. The van der Waals surface area contributed by atoms with Crippen LogP contribution in [0, 0.1) is 6.92 Å². The molecule has 0 amide bonds. The zero-order chi connectivity index (χ0) is 11.1. The van der Waals surface area contributed by atoms with Crippen molar-refractivity contribution < 1.29 is 0 Å². The average Bonchev–Trinajstić information content (AvgIpc) is 2.23. The van der Waals surface area contributed by atoms with E-state index in [1.54, 1.807) is 0 Å². The fraction of sp³-hybridized carbons (Fsp3) is 0.500. The largest absolute Gasteiger partial charge is 0.384 e. The van der Waals surface area contributed by atoms with Crippen LogP contribution in [0.25, 0.3) is 0 Å². The minimum Gasteiger partial charge on any atom is -0.384 e. The van der Waals surface area contributed by atoms with Gasteiger partial charge in [-0.3, -0.25) is 0 Å². The van der Waals surface area contributed by atoms with E-state index in [0.717, 1.165) is 30.3 Å². The smallest absolute Gasteiger partial charge is 0.0426 e. The van der Waals surface area contributed by atoms with E-state index < -0.39 is 0 Å². The first kappa shape index (κ1) is 12.3. The first-order chi connectivity index (χ1) is 7.24. The van der Waals surface area contributed by atoms with E-state index in [9.17, 15) is 0 Å². The number of halogens is 1. The third kappa shape index (κ3) is 4.54. The summed E-state index contributed by atoms with van der Waals surface area (Å²) in [7, 11) is 0. The Balaban J connectivity index is 2.33. The first-order valence-corrected chi connectivity index (χ1v) is 5.82. The summed E-state index contributed by atoms with van der Waals surface area (Å²) >= 11 is 5.92. The molecular weight excluding hydrogens is 208 g/mol. The van der Waals surface area contributed by atoms with Crippen LogP contribution in [-0.4, -0.2) is 19.6 Å². The van der Waals surface area contributed by atoms with Crippen LogP contribution in [0.5, 0.6) is 0 Å². The Kier molecular flexibility index (Phi) is 5.51. The summed E-state index contributed by atoms with van der Waals surface area (Å²) in [5.41, 5.74) is 2.36. The Labute approximate surface area is 97.0 Å². The fourth-order valence-corrected chi connectivity index (χ4v) is 1.54. The molecule has 0 bridgehead atoms. The van der Waals surface area contributed by atoms with Crippen LogP contribution in [0.15, 0.2) is 18.2 Å². The van der Waals surface area contributed by atoms with Crippen LogP contribution in [0.1, 0.15) is 18.9 Å². The molecule has 1 aromatic carbocycles. The Bertz CT molecular complexity index is 300. The van der Waals surface area contributed by atoms with E-state index in [1.807, 2.05) is 18.2 Å². The molecule has 0 radical (unpaired) electrons. The van der Waals surface area contributed by atoms with Gasteiger partial charge in [-0.2, -0.15) is 0 Å². The fourth-order valence-electron chi connectivity index (χ4n) is 1.37. The molecule has 0 aromatic heterocycles. The number of hydrogen-bond acceptors (Lipinski definition) is 2. The Morgan fingerprint density at radius 1 is 1.20 bits per heavy atom. The molecule has 0 saturated carbocycles. The van der Waals surface area contributed by atoms with Crippen molar-refractivity contribution in [3.8, 4) is 0 Å². The molecule has 0 atom stereocenters. The number of anilines is 1. The molecule has 0 fully saturated rings. The van der Waals surface area contributed by atoms with Crippen molar-refractivity contribution in [1.29, 1.82) is 0 Å². The highest BCUT2D eigenvalue weighted by molar-refractivity contribution is 6.30. The Morgan fingerprint density at radius 2 is 2.00 bits per heavy atom. The Hall–Kier alpha value is -0.730. The normalized spacial score (nSPS) is 10.3. The zero-order valence-electron chi connectivity index (χ0n) is 9.44. The predicted octanol–water partition coefficient (Wildman–Crippen LogP) is 3.06. The minimum absolute atomic E-state index is 0.782. The van der Waals surface area contributed by atoms with E-state index in [2.05, 4.69) is 24.5 Å². The van der Waals surface area contributed by atoms with Gasteiger partial charge in [0.2, 0.25) is 0 Å². The maximum absolute atomic E-state index is 5.92. The lowest BCUT2D eigenvalue weighted by Crippen LogP contribution is -2.22. The second-order valence-electron chi connectivity index (χ2n) is 3.64. The van der Waals surface area contributed by atoms with Gasteiger partial charge in [0.15, 0.2) is 0 Å². The molecule has 0 saturated heterocycles. The molecule has 84 valence electrons. The van der Waals surface area contributed by atoms with Gasteiger partial charge >= 0.3 is 0 Å². The van der Waals surface area contributed by atoms with Gasteiger partial charge in [-0.1, -0.05) is 24.6 Å². The van der Waals surface area contributed by atoms with Gasteiger partial charge in [-0.05, 0) is 37.6 Å². The van der Waals surface area contributed by atoms with Crippen LogP contribution < -0.4 is 10.6 Å². The number of nitrogens with one attached hydrogen (secondary N) is 2. The molecular formula is C12H19ClN2. The highest BCUT2D eigenvalue weighted by Crippen LogP contribution is 2.19. The summed E-state index contributed by atoms with van der Waals surface area (Å²) in [6, 6.07) is 5.91. The van der Waals surface area contributed by atoms with Crippen molar-refractivity contribution in [2.24, 2.45) is 0 Å². The van der Waals surface area contributed by atoms with E-state index in [0.29, 0.717) is 0 Å². The summed E-state index contributed by atoms with van der Waals surface area (Å²) < 4.78 is 0. The maximum atomic E-state index is 5.92.